The molecule has 0 aliphatic rings. The Balaban J connectivity index is 1.94. The standard InChI is InChI=1S/C13H15N3O/c1-16-9-8-12(15-16)13(17)7-4-10-2-5-11(14)6-3-10/h2-3,5-6,8-9H,4,7,14H2,1H3. The van der Waals surface area contributed by atoms with Gasteiger partial charge in [-0.2, -0.15) is 5.10 Å². The predicted molar refractivity (Wildman–Crippen MR) is 66.7 cm³/mol. The molecule has 0 radical (unpaired) electrons. The molecule has 1 aromatic carbocycles. The second-order valence-corrected chi connectivity index (χ2v) is 4.04. The fourth-order valence-corrected chi connectivity index (χ4v) is 1.63. The van der Waals surface area contributed by atoms with Crippen LogP contribution in [0.5, 0.6) is 0 Å². The van der Waals surface area contributed by atoms with E-state index in [2.05, 4.69) is 5.10 Å². The highest BCUT2D eigenvalue weighted by molar-refractivity contribution is 5.94. The summed E-state index contributed by atoms with van der Waals surface area (Å²) >= 11 is 0. The van der Waals surface area contributed by atoms with Gasteiger partial charge in [-0.15, -0.1) is 0 Å². The van der Waals surface area contributed by atoms with Crippen molar-refractivity contribution < 1.29 is 4.79 Å². The minimum absolute atomic E-state index is 0.0717. The predicted octanol–water partition coefficient (Wildman–Crippen LogP) is 1.82. The number of ketones is 1. The lowest BCUT2D eigenvalue weighted by Gasteiger charge is -2.00. The van der Waals surface area contributed by atoms with Gasteiger partial charge in [-0.3, -0.25) is 9.48 Å². The average molecular weight is 229 g/mol. The summed E-state index contributed by atoms with van der Waals surface area (Å²) in [6.07, 6.45) is 2.97. The van der Waals surface area contributed by atoms with Crippen LogP contribution in [0.3, 0.4) is 0 Å². The number of aromatic nitrogens is 2. The fourth-order valence-electron chi connectivity index (χ4n) is 1.63. The Labute approximate surface area is 100 Å². The first-order valence-corrected chi connectivity index (χ1v) is 5.52. The molecule has 2 N–H and O–H groups in total. The molecule has 2 aromatic rings. The van der Waals surface area contributed by atoms with E-state index in [0.717, 1.165) is 17.7 Å². The minimum atomic E-state index is 0.0717. The molecule has 2 rings (SSSR count). The third kappa shape index (κ3) is 2.93. The first-order chi connectivity index (χ1) is 8.15. The second-order valence-electron chi connectivity index (χ2n) is 4.04. The van der Waals surface area contributed by atoms with Gasteiger partial charge in [0.1, 0.15) is 5.69 Å². The highest BCUT2D eigenvalue weighted by Crippen LogP contribution is 2.09. The first kappa shape index (κ1) is 11.4. The van der Waals surface area contributed by atoms with Crippen LogP contribution in [0.15, 0.2) is 36.5 Å². The number of hydrogen-bond donors (Lipinski definition) is 1. The van der Waals surface area contributed by atoms with Crippen molar-refractivity contribution in [3.63, 3.8) is 0 Å². The van der Waals surface area contributed by atoms with Crippen LogP contribution in [0.25, 0.3) is 0 Å². The summed E-state index contributed by atoms with van der Waals surface area (Å²) in [5, 5.41) is 4.08. The van der Waals surface area contributed by atoms with Gasteiger partial charge >= 0.3 is 0 Å². The third-order valence-corrected chi connectivity index (χ3v) is 2.62. The van der Waals surface area contributed by atoms with Gasteiger partial charge in [-0.25, -0.2) is 0 Å². The molecule has 0 aliphatic carbocycles. The van der Waals surface area contributed by atoms with Gasteiger partial charge in [-0.05, 0) is 30.2 Å². The molecule has 88 valence electrons. The molecule has 0 saturated heterocycles. The fraction of sp³-hybridized carbons (Fsp3) is 0.231. The average Bonchev–Trinajstić information content (AvgIpc) is 2.75. The molecule has 1 heterocycles. The normalized spacial score (nSPS) is 10.4. The van der Waals surface area contributed by atoms with Gasteiger partial charge in [0.2, 0.25) is 0 Å². The van der Waals surface area contributed by atoms with Crippen molar-refractivity contribution in [2.24, 2.45) is 7.05 Å². The van der Waals surface area contributed by atoms with Gasteiger partial charge in [0.15, 0.2) is 5.78 Å². The van der Waals surface area contributed by atoms with E-state index in [1.807, 2.05) is 24.3 Å². The lowest BCUT2D eigenvalue weighted by Crippen LogP contribution is -2.03. The molecule has 0 atom stereocenters. The topological polar surface area (TPSA) is 60.9 Å². The lowest BCUT2D eigenvalue weighted by atomic mass is 10.1. The summed E-state index contributed by atoms with van der Waals surface area (Å²) in [5.41, 5.74) is 7.98. The largest absolute Gasteiger partial charge is 0.399 e. The number of rotatable bonds is 4. The maximum Gasteiger partial charge on any atom is 0.183 e. The zero-order valence-electron chi connectivity index (χ0n) is 9.76. The van der Waals surface area contributed by atoms with E-state index in [0.29, 0.717) is 12.1 Å². The van der Waals surface area contributed by atoms with Crippen molar-refractivity contribution in [3.05, 3.63) is 47.8 Å². The number of nitrogen functional groups attached to an aromatic ring is 1. The molecular formula is C13H15N3O. The maximum atomic E-state index is 11.8. The zero-order valence-corrected chi connectivity index (χ0v) is 9.76. The van der Waals surface area contributed by atoms with Gasteiger partial charge in [0.05, 0.1) is 0 Å². The van der Waals surface area contributed by atoms with Crippen LogP contribution in [-0.2, 0) is 13.5 Å². The van der Waals surface area contributed by atoms with Gasteiger partial charge in [-0.1, -0.05) is 12.1 Å². The van der Waals surface area contributed by atoms with E-state index in [-0.39, 0.29) is 5.78 Å². The van der Waals surface area contributed by atoms with E-state index >= 15 is 0 Å². The zero-order chi connectivity index (χ0) is 12.3. The van der Waals surface area contributed by atoms with Crippen LogP contribution in [0, 0.1) is 0 Å². The van der Waals surface area contributed by atoms with Gasteiger partial charge in [0.25, 0.3) is 0 Å². The molecule has 0 amide bonds. The number of nitrogens with zero attached hydrogens (tertiary/aromatic N) is 2. The second kappa shape index (κ2) is 4.82. The first-order valence-electron chi connectivity index (χ1n) is 5.52. The van der Waals surface area contributed by atoms with Crippen molar-refractivity contribution >= 4 is 11.5 Å². The molecular weight excluding hydrogens is 214 g/mol. The molecule has 1 aromatic heterocycles. The summed E-state index contributed by atoms with van der Waals surface area (Å²) < 4.78 is 1.64. The summed E-state index contributed by atoms with van der Waals surface area (Å²) in [7, 11) is 1.80. The minimum Gasteiger partial charge on any atom is -0.399 e. The third-order valence-electron chi connectivity index (χ3n) is 2.62. The van der Waals surface area contributed by atoms with E-state index in [1.54, 1.807) is 24.0 Å². The SMILES string of the molecule is Cn1ccc(C(=O)CCc2ccc(N)cc2)n1. The van der Waals surface area contributed by atoms with Crippen LogP contribution in [0.1, 0.15) is 22.5 Å². The number of carbonyl (C=O) groups excluding carboxylic acids is 1. The van der Waals surface area contributed by atoms with Crippen LogP contribution in [0.2, 0.25) is 0 Å². The molecule has 0 aliphatic heterocycles. The Kier molecular flexibility index (Phi) is 3.23. The van der Waals surface area contributed by atoms with Crippen molar-refractivity contribution in [2.45, 2.75) is 12.8 Å². The van der Waals surface area contributed by atoms with Gasteiger partial charge < -0.3 is 5.73 Å². The Hall–Kier alpha value is -2.10. The van der Waals surface area contributed by atoms with E-state index < -0.39 is 0 Å². The molecule has 0 saturated carbocycles. The molecule has 0 fully saturated rings. The Morgan fingerprint density at radius 2 is 2.00 bits per heavy atom. The number of anilines is 1. The maximum absolute atomic E-state index is 11.8. The van der Waals surface area contributed by atoms with Crippen LogP contribution < -0.4 is 5.73 Å². The Bertz CT molecular complexity index is 514. The Morgan fingerprint density at radius 3 is 2.59 bits per heavy atom. The monoisotopic (exact) mass is 229 g/mol. The summed E-state index contributed by atoms with van der Waals surface area (Å²) in [6.45, 7) is 0. The number of benzene rings is 1. The number of hydrogen-bond acceptors (Lipinski definition) is 3. The number of carbonyl (C=O) groups is 1. The Morgan fingerprint density at radius 1 is 1.29 bits per heavy atom. The van der Waals surface area contributed by atoms with Crippen LogP contribution >= 0.6 is 0 Å². The summed E-state index contributed by atoms with van der Waals surface area (Å²) in [6, 6.07) is 9.33. The van der Waals surface area contributed by atoms with E-state index in [4.69, 9.17) is 5.73 Å². The van der Waals surface area contributed by atoms with Crippen molar-refractivity contribution in [1.29, 1.82) is 0 Å². The van der Waals surface area contributed by atoms with Crippen molar-refractivity contribution in [2.75, 3.05) is 5.73 Å². The smallest absolute Gasteiger partial charge is 0.183 e. The van der Waals surface area contributed by atoms with Crippen molar-refractivity contribution in [1.82, 2.24) is 9.78 Å². The molecule has 0 spiro atoms. The van der Waals surface area contributed by atoms with Crippen molar-refractivity contribution in [3.8, 4) is 0 Å². The quantitative estimate of drug-likeness (QED) is 0.642. The summed E-state index contributed by atoms with van der Waals surface area (Å²) in [4.78, 5) is 11.8. The highest BCUT2D eigenvalue weighted by Gasteiger charge is 2.08. The summed E-state index contributed by atoms with van der Waals surface area (Å²) in [5.74, 6) is 0.0717. The highest BCUT2D eigenvalue weighted by atomic mass is 16.1. The molecule has 4 nitrogen and oxygen atoms in total. The number of Topliss-reactive ketones (excluding diaryl/α,β-unsaturated/α-hetero) is 1. The number of nitrogens with two attached hydrogens (primary N) is 1. The molecule has 17 heavy (non-hydrogen) atoms. The lowest BCUT2D eigenvalue weighted by molar-refractivity contribution is 0.0977. The van der Waals surface area contributed by atoms with Crippen LogP contribution in [0.4, 0.5) is 5.69 Å². The van der Waals surface area contributed by atoms with Crippen LogP contribution in [-0.4, -0.2) is 15.6 Å². The van der Waals surface area contributed by atoms with E-state index in [1.165, 1.54) is 0 Å². The molecule has 0 unspecified atom stereocenters. The molecule has 0 bridgehead atoms. The van der Waals surface area contributed by atoms with E-state index in [9.17, 15) is 4.79 Å². The molecule has 4 heteroatoms. The van der Waals surface area contributed by atoms with Gasteiger partial charge in [0, 0.05) is 25.4 Å². The number of aryl methyl sites for hydroxylation is 2.